The molecule has 7 heteroatoms. The summed E-state index contributed by atoms with van der Waals surface area (Å²) in [5, 5.41) is 0.183. The van der Waals surface area contributed by atoms with Crippen LogP contribution in [0.15, 0.2) is 23.1 Å². The number of anilines is 1. The fourth-order valence-electron chi connectivity index (χ4n) is 2.15. The Kier molecular flexibility index (Phi) is 4.67. The Morgan fingerprint density at radius 1 is 1.32 bits per heavy atom. The normalized spacial score (nSPS) is 16.9. The highest BCUT2D eigenvalue weighted by Gasteiger charge is 2.18. The lowest BCUT2D eigenvalue weighted by Gasteiger charge is -2.15. The van der Waals surface area contributed by atoms with Crippen LogP contribution in [0.5, 0.6) is 0 Å². The van der Waals surface area contributed by atoms with Crippen LogP contribution in [0, 0.1) is 0 Å². The SMILES string of the molecule is Nc1ccc(Cl)c(S(=O)(=O)NCCN2CCCC2)c1. The molecule has 5 nitrogen and oxygen atoms in total. The zero-order valence-corrected chi connectivity index (χ0v) is 12.2. The number of hydrogen-bond donors (Lipinski definition) is 2. The van der Waals surface area contributed by atoms with E-state index < -0.39 is 10.0 Å². The number of benzene rings is 1. The molecule has 19 heavy (non-hydrogen) atoms. The average molecular weight is 304 g/mol. The van der Waals surface area contributed by atoms with E-state index in [0.717, 1.165) is 19.6 Å². The van der Waals surface area contributed by atoms with Crippen molar-refractivity contribution in [2.45, 2.75) is 17.7 Å². The van der Waals surface area contributed by atoms with E-state index in [2.05, 4.69) is 9.62 Å². The molecule has 3 N–H and O–H groups in total. The minimum Gasteiger partial charge on any atom is -0.399 e. The lowest BCUT2D eigenvalue weighted by molar-refractivity contribution is 0.344. The molecule has 0 atom stereocenters. The summed E-state index contributed by atoms with van der Waals surface area (Å²) < 4.78 is 26.8. The summed E-state index contributed by atoms with van der Waals surface area (Å²) in [6.45, 7) is 3.19. The molecule has 1 heterocycles. The van der Waals surface area contributed by atoms with Crippen LogP contribution in [-0.2, 0) is 10.0 Å². The van der Waals surface area contributed by atoms with E-state index >= 15 is 0 Å². The average Bonchev–Trinajstić information content (AvgIpc) is 2.85. The number of halogens is 1. The number of nitrogens with one attached hydrogen (secondary N) is 1. The van der Waals surface area contributed by atoms with Crippen molar-refractivity contribution in [3.63, 3.8) is 0 Å². The van der Waals surface area contributed by atoms with E-state index in [4.69, 9.17) is 17.3 Å². The van der Waals surface area contributed by atoms with Gasteiger partial charge in [-0.05, 0) is 44.1 Å². The fourth-order valence-corrected chi connectivity index (χ4v) is 3.70. The van der Waals surface area contributed by atoms with Gasteiger partial charge in [0.2, 0.25) is 10.0 Å². The lowest BCUT2D eigenvalue weighted by atomic mass is 10.3. The van der Waals surface area contributed by atoms with Crippen LogP contribution < -0.4 is 10.5 Å². The van der Waals surface area contributed by atoms with Crippen molar-refractivity contribution in [2.75, 3.05) is 31.9 Å². The molecule has 1 aromatic rings. The molecule has 1 aliphatic heterocycles. The molecule has 0 radical (unpaired) electrons. The standard InChI is InChI=1S/C12H18ClN3O2S/c13-11-4-3-10(14)9-12(11)19(17,18)15-5-8-16-6-1-2-7-16/h3-4,9,15H,1-2,5-8,14H2. The summed E-state index contributed by atoms with van der Waals surface area (Å²) in [5.74, 6) is 0. The molecule has 0 aliphatic carbocycles. The highest BCUT2D eigenvalue weighted by Crippen LogP contribution is 2.23. The van der Waals surface area contributed by atoms with Crippen LogP contribution in [0.25, 0.3) is 0 Å². The molecule has 106 valence electrons. The summed E-state index contributed by atoms with van der Waals surface area (Å²) in [7, 11) is -3.59. The molecule has 1 aliphatic rings. The van der Waals surface area contributed by atoms with Gasteiger partial charge in [0.25, 0.3) is 0 Å². The number of sulfonamides is 1. The van der Waals surface area contributed by atoms with Crippen LogP contribution in [0.3, 0.4) is 0 Å². The second-order valence-electron chi connectivity index (χ2n) is 4.64. The second kappa shape index (κ2) is 6.09. The van der Waals surface area contributed by atoms with E-state index in [1.54, 1.807) is 6.07 Å². The Morgan fingerprint density at radius 3 is 2.68 bits per heavy atom. The zero-order valence-electron chi connectivity index (χ0n) is 10.6. The highest BCUT2D eigenvalue weighted by molar-refractivity contribution is 7.89. The number of nitrogens with two attached hydrogens (primary N) is 1. The molecule has 0 saturated carbocycles. The van der Waals surface area contributed by atoms with Gasteiger partial charge in [0.1, 0.15) is 4.90 Å². The van der Waals surface area contributed by atoms with Crippen LogP contribution in [-0.4, -0.2) is 39.5 Å². The van der Waals surface area contributed by atoms with Gasteiger partial charge in [0.15, 0.2) is 0 Å². The molecule has 1 aromatic carbocycles. The van der Waals surface area contributed by atoms with E-state index in [0.29, 0.717) is 12.2 Å². The summed E-state index contributed by atoms with van der Waals surface area (Å²) in [5.41, 5.74) is 5.97. The Balaban J connectivity index is 1.99. The number of likely N-dealkylation sites (tertiary alicyclic amines) is 1. The second-order valence-corrected chi connectivity index (χ2v) is 6.78. The van der Waals surface area contributed by atoms with E-state index in [1.807, 2.05) is 0 Å². The van der Waals surface area contributed by atoms with Crippen molar-refractivity contribution in [2.24, 2.45) is 0 Å². The third-order valence-corrected chi connectivity index (χ3v) is 5.11. The summed E-state index contributed by atoms with van der Waals surface area (Å²) in [4.78, 5) is 2.28. The molecule has 1 fully saturated rings. The van der Waals surface area contributed by atoms with Crippen LogP contribution in [0.1, 0.15) is 12.8 Å². The number of hydrogen-bond acceptors (Lipinski definition) is 4. The maximum Gasteiger partial charge on any atom is 0.242 e. The molecular weight excluding hydrogens is 286 g/mol. The van der Waals surface area contributed by atoms with Gasteiger partial charge in [0, 0.05) is 18.8 Å². The van der Waals surface area contributed by atoms with Crippen molar-refractivity contribution < 1.29 is 8.42 Å². The van der Waals surface area contributed by atoms with E-state index in [9.17, 15) is 8.42 Å². The van der Waals surface area contributed by atoms with Gasteiger partial charge < -0.3 is 10.6 Å². The van der Waals surface area contributed by atoms with Gasteiger partial charge in [-0.15, -0.1) is 0 Å². The van der Waals surface area contributed by atoms with Gasteiger partial charge in [-0.1, -0.05) is 11.6 Å². The predicted molar refractivity (Wildman–Crippen MR) is 76.7 cm³/mol. The number of nitrogen functional groups attached to an aromatic ring is 1. The summed E-state index contributed by atoms with van der Waals surface area (Å²) in [6, 6.07) is 4.44. The largest absolute Gasteiger partial charge is 0.399 e. The van der Waals surface area contributed by atoms with Gasteiger partial charge in [-0.3, -0.25) is 0 Å². The summed E-state index contributed by atoms with van der Waals surface area (Å²) in [6.07, 6.45) is 2.38. The Hall–Kier alpha value is -0.820. The molecule has 0 spiro atoms. The minimum absolute atomic E-state index is 0.0376. The van der Waals surface area contributed by atoms with Crippen LogP contribution in [0.2, 0.25) is 5.02 Å². The van der Waals surface area contributed by atoms with Crippen LogP contribution in [0.4, 0.5) is 5.69 Å². The molecule has 2 rings (SSSR count). The number of rotatable bonds is 5. The molecule has 0 bridgehead atoms. The maximum atomic E-state index is 12.1. The smallest absolute Gasteiger partial charge is 0.242 e. The minimum atomic E-state index is -3.59. The summed E-state index contributed by atoms with van der Waals surface area (Å²) >= 11 is 5.90. The van der Waals surface area contributed by atoms with Crippen LogP contribution >= 0.6 is 11.6 Å². The maximum absolute atomic E-state index is 12.1. The fraction of sp³-hybridized carbons (Fsp3) is 0.500. The monoisotopic (exact) mass is 303 g/mol. The first kappa shape index (κ1) is 14.6. The lowest BCUT2D eigenvalue weighted by Crippen LogP contribution is -2.33. The quantitative estimate of drug-likeness (QED) is 0.804. The van der Waals surface area contributed by atoms with Gasteiger partial charge in [-0.25, -0.2) is 13.1 Å². The van der Waals surface area contributed by atoms with Crippen molar-refractivity contribution in [1.82, 2.24) is 9.62 Å². The van der Waals surface area contributed by atoms with E-state index in [1.165, 1.54) is 25.0 Å². The van der Waals surface area contributed by atoms with Gasteiger partial charge >= 0.3 is 0 Å². The Labute approximate surface area is 118 Å². The van der Waals surface area contributed by atoms with Gasteiger partial charge in [-0.2, -0.15) is 0 Å². The van der Waals surface area contributed by atoms with Crippen molar-refractivity contribution in [3.8, 4) is 0 Å². The molecule has 0 unspecified atom stereocenters. The zero-order chi connectivity index (χ0) is 13.9. The Bertz CT molecular complexity index is 542. The highest BCUT2D eigenvalue weighted by atomic mass is 35.5. The first-order valence-corrected chi connectivity index (χ1v) is 8.12. The molecule has 0 amide bonds. The Morgan fingerprint density at radius 2 is 2.00 bits per heavy atom. The molecule has 0 aromatic heterocycles. The predicted octanol–water partition coefficient (Wildman–Crippen LogP) is 1.30. The van der Waals surface area contributed by atoms with E-state index in [-0.39, 0.29) is 9.92 Å². The van der Waals surface area contributed by atoms with Crippen molar-refractivity contribution in [1.29, 1.82) is 0 Å². The third-order valence-electron chi connectivity index (χ3n) is 3.16. The molecular formula is C12H18ClN3O2S. The first-order chi connectivity index (χ1) is 8.99. The topological polar surface area (TPSA) is 75.4 Å². The van der Waals surface area contributed by atoms with Crippen molar-refractivity contribution in [3.05, 3.63) is 23.2 Å². The number of nitrogens with zero attached hydrogens (tertiary/aromatic N) is 1. The van der Waals surface area contributed by atoms with Crippen molar-refractivity contribution >= 4 is 27.3 Å². The third kappa shape index (κ3) is 3.82. The van der Waals surface area contributed by atoms with Gasteiger partial charge in [0.05, 0.1) is 5.02 Å². The first-order valence-electron chi connectivity index (χ1n) is 6.26. The molecule has 1 saturated heterocycles.